The highest BCUT2D eigenvalue weighted by atomic mass is 31.2. The minimum Gasteiger partial charge on any atom is -0.497 e. The first kappa shape index (κ1) is 44.8. The van der Waals surface area contributed by atoms with E-state index in [0.29, 0.717) is 18.0 Å². The Morgan fingerprint density at radius 3 is 2.12 bits per heavy atom. The van der Waals surface area contributed by atoms with Gasteiger partial charge in [0.1, 0.15) is 35.4 Å². The number of aromatic nitrogens is 4. The Hall–Kier alpha value is -4.69. The molecule has 0 radical (unpaired) electrons. The van der Waals surface area contributed by atoms with Crippen molar-refractivity contribution in [2.24, 2.45) is 0 Å². The van der Waals surface area contributed by atoms with Gasteiger partial charge in [0.2, 0.25) is 5.95 Å². The van der Waals surface area contributed by atoms with E-state index in [9.17, 15) is 10.1 Å². The Bertz CT molecular complexity index is 2230. The summed E-state index contributed by atoms with van der Waals surface area (Å²) in [6.45, 7) is 13.6. The molecule has 3 aromatic carbocycles. The normalized spacial score (nSPS) is 19.1. The number of hydrogen-bond acceptors (Lipinski definition) is 13. The Kier molecular flexibility index (Phi) is 14.1. The summed E-state index contributed by atoms with van der Waals surface area (Å²) in [7, 11) is 0.848. The number of fused-ring (bicyclic) bond motifs is 1. The summed E-state index contributed by atoms with van der Waals surface area (Å²) in [6.07, 6.45) is -1.56. The first-order chi connectivity index (χ1) is 28.7. The highest BCUT2D eigenvalue weighted by molar-refractivity contribution is 7.44. The SMILES string of the molecule is CCN(C)P(OCCC#N)O[C@H]1[C@@H](O[Si](C)(C)C(C)(C)C)[C@H](n2cnc3c(=O)[nH]c(N)nc32)O[C@@H]1COC(c1ccccc1)(c1ccc(OC)cc1)c1ccc(OC)cc1. The standard InChI is InChI=1S/C43H56N7O8PSi/c1-10-49(5)59(55-26-14-25-44)57-36-34(56-40(37(36)58-60(8,9)42(2,3)4)50-28-46-35-38(50)47-41(45)48-39(35)51)27-54-43(29-15-12-11-13-16-29,30-17-21-32(52-6)22-18-30)31-19-23-33(53-7)24-20-31/h11-13,15-24,28,34,36-37,40H,10,14,26-27H2,1-9H3,(H3,45,47,48,51)/t34-,36-,37-,40-,59?/m1/s1. The summed E-state index contributed by atoms with van der Waals surface area (Å²) in [4.78, 5) is 24.5. The Morgan fingerprint density at radius 2 is 1.57 bits per heavy atom. The van der Waals surface area contributed by atoms with Crippen molar-refractivity contribution in [3.63, 3.8) is 0 Å². The molecule has 1 saturated heterocycles. The van der Waals surface area contributed by atoms with Crippen molar-refractivity contribution >= 4 is 34.0 Å². The van der Waals surface area contributed by atoms with Crippen LogP contribution in [-0.2, 0) is 28.5 Å². The maximum Gasteiger partial charge on any atom is 0.280 e. The van der Waals surface area contributed by atoms with Crippen LogP contribution in [0.25, 0.3) is 11.2 Å². The zero-order valence-corrected chi connectivity index (χ0v) is 37.6. The van der Waals surface area contributed by atoms with Crippen LogP contribution in [0.5, 0.6) is 11.5 Å². The monoisotopic (exact) mass is 857 g/mol. The van der Waals surface area contributed by atoms with E-state index in [4.69, 9.17) is 38.2 Å². The molecule has 0 spiro atoms. The molecule has 2 aromatic heterocycles. The van der Waals surface area contributed by atoms with Crippen molar-refractivity contribution in [2.45, 2.75) is 82.4 Å². The molecule has 5 aromatic rings. The smallest absolute Gasteiger partial charge is 0.280 e. The number of nitrogens with zero attached hydrogens (tertiary/aromatic N) is 5. The third-order valence-electron chi connectivity index (χ3n) is 11.2. The predicted molar refractivity (Wildman–Crippen MR) is 233 cm³/mol. The summed E-state index contributed by atoms with van der Waals surface area (Å²) >= 11 is 0. The van der Waals surface area contributed by atoms with Gasteiger partial charge in [-0.15, -0.1) is 0 Å². The molecule has 17 heteroatoms. The predicted octanol–water partition coefficient (Wildman–Crippen LogP) is 7.51. The molecule has 1 aliphatic heterocycles. The number of rotatable bonds is 18. The van der Waals surface area contributed by atoms with Crippen LogP contribution in [0.2, 0.25) is 18.1 Å². The molecule has 0 aliphatic carbocycles. The van der Waals surface area contributed by atoms with Gasteiger partial charge in [0.05, 0.1) is 46.3 Å². The van der Waals surface area contributed by atoms with Crippen LogP contribution in [0.4, 0.5) is 5.95 Å². The highest BCUT2D eigenvalue weighted by Gasteiger charge is 2.54. The maximum absolute atomic E-state index is 13.1. The Balaban J connectivity index is 1.54. The van der Waals surface area contributed by atoms with E-state index in [1.54, 1.807) is 18.8 Å². The summed E-state index contributed by atoms with van der Waals surface area (Å²) < 4.78 is 50.1. The Morgan fingerprint density at radius 1 is 0.967 bits per heavy atom. The first-order valence-electron chi connectivity index (χ1n) is 19.9. The van der Waals surface area contributed by atoms with E-state index < -0.39 is 52.5 Å². The molecule has 60 heavy (non-hydrogen) atoms. The van der Waals surface area contributed by atoms with Gasteiger partial charge in [0.25, 0.3) is 14.1 Å². The molecule has 3 N–H and O–H groups in total. The number of nitrogen functional groups attached to an aromatic ring is 1. The third-order valence-corrected chi connectivity index (χ3v) is 17.4. The number of imidazole rings is 1. The quantitative estimate of drug-likeness (QED) is 0.0383. The van der Waals surface area contributed by atoms with Gasteiger partial charge < -0.3 is 38.2 Å². The lowest BCUT2D eigenvalue weighted by atomic mass is 9.80. The lowest BCUT2D eigenvalue weighted by molar-refractivity contribution is -0.0924. The molecule has 320 valence electrons. The van der Waals surface area contributed by atoms with Gasteiger partial charge in [-0.1, -0.05) is 82.3 Å². The average Bonchev–Trinajstić information content (AvgIpc) is 3.81. The summed E-state index contributed by atoms with van der Waals surface area (Å²) in [5, 5.41) is 9.19. The molecule has 0 bridgehead atoms. The molecule has 1 fully saturated rings. The maximum atomic E-state index is 13.1. The van der Waals surface area contributed by atoms with E-state index in [-0.39, 0.29) is 41.8 Å². The third kappa shape index (κ3) is 9.29. The number of nitriles is 1. The van der Waals surface area contributed by atoms with Crippen LogP contribution in [0.3, 0.4) is 0 Å². The number of ether oxygens (including phenoxy) is 4. The number of nitrogens with two attached hydrogens (primary N) is 1. The molecule has 1 unspecified atom stereocenters. The fraction of sp³-hybridized carbons (Fsp3) is 0.442. The zero-order valence-electron chi connectivity index (χ0n) is 35.7. The van der Waals surface area contributed by atoms with E-state index in [2.05, 4.69) is 54.9 Å². The number of benzene rings is 3. The van der Waals surface area contributed by atoms with E-state index >= 15 is 0 Å². The molecule has 0 amide bonds. The number of H-pyrrole nitrogens is 1. The average molecular weight is 858 g/mol. The summed E-state index contributed by atoms with van der Waals surface area (Å²) in [5.74, 6) is 1.33. The van der Waals surface area contributed by atoms with Gasteiger partial charge in [-0.25, -0.2) is 9.65 Å². The van der Waals surface area contributed by atoms with Crippen LogP contribution in [-0.4, -0.2) is 91.8 Å². The largest absolute Gasteiger partial charge is 0.497 e. The van der Waals surface area contributed by atoms with Gasteiger partial charge in [0, 0.05) is 6.54 Å². The van der Waals surface area contributed by atoms with Crippen LogP contribution in [0, 0.1) is 11.3 Å². The molecule has 6 rings (SSSR count). The molecular weight excluding hydrogens is 802 g/mol. The van der Waals surface area contributed by atoms with E-state index in [1.807, 2.05) is 97.5 Å². The van der Waals surface area contributed by atoms with E-state index in [0.717, 1.165) is 16.7 Å². The zero-order chi connectivity index (χ0) is 43.2. The molecule has 5 atom stereocenters. The fourth-order valence-electron chi connectivity index (χ4n) is 6.85. The van der Waals surface area contributed by atoms with Crippen molar-refractivity contribution in [1.29, 1.82) is 5.26 Å². The second kappa shape index (κ2) is 18.9. The van der Waals surface area contributed by atoms with Crippen LogP contribution >= 0.6 is 8.53 Å². The summed E-state index contributed by atoms with van der Waals surface area (Å²) in [6, 6.07) is 27.8. The highest BCUT2D eigenvalue weighted by Crippen LogP contribution is 2.51. The molecule has 3 heterocycles. The van der Waals surface area contributed by atoms with Crippen LogP contribution in [0.1, 0.15) is 57.0 Å². The van der Waals surface area contributed by atoms with Gasteiger partial charge in [-0.2, -0.15) is 10.2 Å². The van der Waals surface area contributed by atoms with Crippen LogP contribution < -0.4 is 20.8 Å². The molecule has 1 aliphatic rings. The second-order valence-electron chi connectivity index (χ2n) is 16.0. The minimum absolute atomic E-state index is 0.00846. The second-order valence-corrected chi connectivity index (χ2v) is 22.4. The van der Waals surface area contributed by atoms with Gasteiger partial charge in [-0.05, 0) is 66.1 Å². The molecular formula is C43H56N7O8PSi. The topological polar surface area (TPSA) is 181 Å². The van der Waals surface area contributed by atoms with Crippen molar-refractivity contribution in [2.75, 3.05) is 46.8 Å². The summed E-state index contributed by atoms with van der Waals surface area (Å²) in [5.41, 5.74) is 7.33. The first-order valence-corrected chi connectivity index (χ1v) is 23.9. The van der Waals surface area contributed by atoms with Crippen molar-refractivity contribution in [1.82, 2.24) is 24.2 Å². The lowest BCUT2D eigenvalue weighted by Crippen LogP contribution is -2.49. The molecule has 15 nitrogen and oxygen atoms in total. The lowest BCUT2D eigenvalue weighted by Gasteiger charge is -2.41. The van der Waals surface area contributed by atoms with Crippen molar-refractivity contribution in [3.05, 3.63) is 112 Å². The minimum atomic E-state index is -2.60. The number of aromatic amines is 1. The van der Waals surface area contributed by atoms with E-state index in [1.165, 1.54) is 6.33 Å². The van der Waals surface area contributed by atoms with Crippen molar-refractivity contribution in [3.8, 4) is 17.6 Å². The Labute approximate surface area is 353 Å². The molecule has 0 saturated carbocycles. The number of anilines is 1. The number of methoxy groups -OCH3 is 2. The van der Waals surface area contributed by atoms with Gasteiger partial charge >= 0.3 is 0 Å². The number of nitrogens with one attached hydrogen (secondary N) is 1. The van der Waals surface area contributed by atoms with Crippen molar-refractivity contribution < 1.29 is 32.4 Å². The van der Waals surface area contributed by atoms with Gasteiger partial charge in [0.15, 0.2) is 25.7 Å². The number of hydrogen-bond donors (Lipinski definition) is 2. The van der Waals surface area contributed by atoms with Crippen LogP contribution in [0.15, 0.2) is 90.0 Å². The van der Waals surface area contributed by atoms with Gasteiger partial charge in [-0.3, -0.25) is 14.3 Å². The fourth-order valence-corrected chi connectivity index (χ4v) is 9.49.